The van der Waals surface area contributed by atoms with E-state index < -0.39 is 0 Å². The Kier molecular flexibility index (Phi) is 3.35. The second kappa shape index (κ2) is 5.52. The van der Waals surface area contributed by atoms with E-state index in [1.807, 2.05) is 54.6 Å². The number of carbonyl (C=O) groups excluding carboxylic acids is 1. The summed E-state index contributed by atoms with van der Waals surface area (Å²) in [7, 11) is 0. The molecule has 0 saturated carbocycles. The zero-order chi connectivity index (χ0) is 15.8. The molecule has 6 heteroatoms. The quantitative estimate of drug-likeness (QED) is 0.752. The Balaban J connectivity index is 1.76. The van der Waals surface area contributed by atoms with Gasteiger partial charge in [0.05, 0.1) is 12.0 Å². The Hall–Kier alpha value is -2.66. The van der Waals surface area contributed by atoms with Gasteiger partial charge in [-0.05, 0) is 23.3 Å². The summed E-state index contributed by atoms with van der Waals surface area (Å²) in [5.41, 5.74) is 2.01. The number of H-pyrrole nitrogens is 1. The summed E-state index contributed by atoms with van der Waals surface area (Å²) in [5, 5.41) is 7.28. The number of halogens is 1. The SMILES string of the molecule is O=C1C(c2ccc(Cl)cc2)C(c2ccccc2)N1c1ncn[nH]1. The Bertz CT molecular complexity index is 818. The summed E-state index contributed by atoms with van der Waals surface area (Å²) < 4.78 is 0. The normalized spacial score (nSPS) is 20.4. The van der Waals surface area contributed by atoms with Gasteiger partial charge in [-0.2, -0.15) is 10.1 Å². The van der Waals surface area contributed by atoms with Gasteiger partial charge in [0.25, 0.3) is 0 Å². The van der Waals surface area contributed by atoms with Crippen LogP contribution in [0.2, 0.25) is 5.02 Å². The second-order valence-electron chi connectivity index (χ2n) is 5.40. The van der Waals surface area contributed by atoms with Crippen molar-refractivity contribution in [1.29, 1.82) is 0 Å². The van der Waals surface area contributed by atoms with Crippen molar-refractivity contribution in [3.63, 3.8) is 0 Å². The molecule has 0 aliphatic carbocycles. The molecule has 23 heavy (non-hydrogen) atoms. The summed E-state index contributed by atoms with van der Waals surface area (Å²) in [4.78, 5) is 18.5. The van der Waals surface area contributed by atoms with E-state index in [0.717, 1.165) is 11.1 Å². The molecule has 1 amide bonds. The Morgan fingerprint density at radius 2 is 1.74 bits per heavy atom. The van der Waals surface area contributed by atoms with Crippen LogP contribution in [0.25, 0.3) is 0 Å². The first kappa shape index (κ1) is 14.0. The van der Waals surface area contributed by atoms with Gasteiger partial charge in [0.2, 0.25) is 11.9 Å². The summed E-state index contributed by atoms with van der Waals surface area (Å²) in [6.45, 7) is 0. The van der Waals surface area contributed by atoms with Gasteiger partial charge in [-0.25, -0.2) is 5.10 Å². The van der Waals surface area contributed by atoms with Crippen LogP contribution < -0.4 is 4.90 Å². The van der Waals surface area contributed by atoms with Gasteiger partial charge in [0, 0.05) is 5.02 Å². The number of nitrogens with zero attached hydrogens (tertiary/aromatic N) is 3. The molecule has 0 spiro atoms. The molecule has 114 valence electrons. The fourth-order valence-electron chi connectivity index (χ4n) is 3.03. The van der Waals surface area contributed by atoms with Crippen molar-refractivity contribution in [2.45, 2.75) is 12.0 Å². The van der Waals surface area contributed by atoms with E-state index in [-0.39, 0.29) is 17.9 Å². The molecule has 1 aliphatic rings. The maximum absolute atomic E-state index is 12.7. The van der Waals surface area contributed by atoms with Gasteiger partial charge >= 0.3 is 0 Å². The standard InChI is InChI=1S/C17H13ClN4O/c18-13-8-6-11(7-9-13)14-15(12-4-2-1-3-5-12)22(16(14)23)17-19-10-20-21-17/h1-10,14-15H,(H,19,20,21). The highest BCUT2D eigenvalue weighted by Gasteiger charge is 2.50. The number of carbonyl (C=O) groups is 1. The minimum absolute atomic E-state index is 0.00192. The molecule has 1 aromatic heterocycles. The smallest absolute Gasteiger partial charge is 0.239 e. The number of rotatable bonds is 3. The fraction of sp³-hybridized carbons (Fsp3) is 0.118. The molecule has 5 nitrogen and oxygen atoms in total. The first-order valence-corrected chi connectivity index (χ1v) is 7.62. The van der Waals surface area contributed by atoms with Crippen LogP contribution in [0.15, 0.2) is 60.9 Å². The largest absolute Gasteiger partial charge is 0.274 e. The highest BCUT2D eigenvalue weighted by atomic mass is 35.5. The average Bonchev–Trinajstić information content (AvgIpc) is 3.09. The van der Waals surface area contributed by atoms with E-state index in [4.69, 9.17) is 11.6 Å². The molecule has 2 unspecified atom stereocenters. The van der Waals surface area contributed by atoms with Gasteiger partial charge in [0.15, 0.2) is 0 Å². The average molecular weight is 325 g/mol. The zero-order valence-electron chi connectivity index (χ0n) is 12.1. The molecule has 0 bridgehead atoms. The minimum atomic E-state index is -0.250. The van der Waals surface area contributed by atoms with Gasteiger partial charge < -0.3 is 0 Å². The lowest BCUT2D eigenvalue weighted by Crippen LogP contribution is -2.54. The molecule has 2 aromatic carbocycles. The fourth-order valence-corrected chi connectivity index (χ4v) is 3.15. The lowest BCUT2D eigenvalue weighted by Gasteiger charge is -2.45. The van der Waals surface area contributed by atoms with E-state index in [1.165, 1.54) is 6.33 Å². The van der Waals surface area contributed by atoms with Gasteiger partial charge in [0.1, 0.15) is 6.33 Å². The third-order valence-corrected chi connectivity index (χ3v) is 4.35. The van der Waals surface area contributed by atoms with Crippen molar-refractivity contribution in [1.82, 2.24) is 15.2 Å². The number of hydrogen-bond acceptors (Lipinski definition) is 3. The third kappa shape index (κ3) is 2.29. The summed E-state index contributed by atoms with van der Waals surface area (Å²) in [6.07, 6.45) is 1.40. The number of nitrogens with one attached hydrogen (secondary N) is 1. The lowest BCUT2D eigenvalue weighted by atomic mass is 9.78. The third-order valence-electron chi connectivity index (χ3n) is 4.10. The van der Waals surface area contributed by atoms with Crippen molar-refractivity contribution in [2.24, 2.45) is 0 Å². The molecular weight excluding hydrogens is 312 g/mol. The van der Waals surface area contributed by atoms with Crippen LogP contribution in [0.5, 0.6) is 0 Å². The number of benzene rings is 2. The van der Waals surface area contributed by atoms with E-state index in [1.54, 1.807) is 4.90 Å². The first-order valence-electron chi connectivity index (χ1n) is 7.24. The monoisotopic (exact) mass is 324 g/mol. The van der Waals surface area contributed by atoms with E-state index in [0.29, 0.717) is 11.0 Å². The Morgan fingerprint density at radius 3 is 2.39 bits per heavy atom. The van der Waals surface area contributed by atoms with Gasteiger partial charge in [-0.1, -0.05) is 54.1 Å². The van der Waals surface area contributed by atoms with Gasteiger partial charge in [-0.3, -0.25) is 9.69 Å². The second-order valence-corrected chi connectivity index (χ2v) is 5.84. The van der Waals surface area contributed by atoms with Crippen LogP contribution in [-0.2, 0) is 4.79 Å². The topological polar surface area (TPSA) is 61.9 Å². The number of hydrogen-bond donors (Lipinski definition) is 1. The number of amides is 1. The summed E-state index contributed by atoms with van der Waals surface area (Å²) >= 11 is 5.96. The lowest BCUT2D eigenvalue weighted by molar-refractivity contribution is -0.126. The van der Waals surface area contributed by atoms with Crippen LogP contribution in [-0.4, -0.2) is 21.1 Å². The highest BCUT2D eigenvalue weighted by Crippen LogP contribution is 2.47. The van der Waals surface area contributed by atoms with E-state index in [2.05, 4.69) is 15.2 Å². The van der Waals surface area contributed by atoms with Crippen LogP contribution in [0.3, 0.4) is 0 Å². The molecule has 1 N–H and O–H groups in total. The van der Waals surface area contributed by atoms with Crippen molar-refractivity contribution < 1.29 is 4.79 Å². The molecular formula is C17H13ClN4O. The first-order chi connectivity index (χ1) is 11.3. The van der Waals surface area contributed by atoms with E-state index >= 15 is 0 Å². The minimum Gasteiger partial charge on any atom is -0.274 e. The van der Waals surface area contributed by atoms with Crippen LogP contribution in [0, 0.1) is 0 Å². The molecule has 1 fully saturated rings. The summed E-state index contributed by atoms with van der Waals surface area (Å²) in [5.74, 6) is 0.215. The predicted molar refractivity (Wildman–Crippen MR) is 87.2 cm³/mol. The number of aromatic nitrogens is 3. The zero-order valence-corrected chi connectivity index (χ0v) is 12.8. The maximum atomic E-state index is 12.7. The number of aromatic amines is 1. The molecule has 1 saturated heterocycles. The predicted octanol–water partition coefficient (Wildman–Crippen LogP) is 3.33. The van der Waals surface area contributed by atoms with Gasteiger partial charge in [-0.15, -0.1) is 0 Å². The number of anilines is 1. The van der Waals surface area contributed by atoms with Crippen molar-refractivity contribution in [2.75, 3.05) is 4.90 Å². The number of β-lactam (4-membered cyclic amide) rings is 1. The van der Waals surface area contributed by atoms with Crippen molar-refractivity contribution in [3.8, 4) is 0 Å². The van der Waals surface area contributed by atoms with Crippen LogP contribution in [0.4, 0.5) is 5.95 Å². The molecule has 1 aliphatic heterocycles. The van der Waals surface area contributed by atoms with E-state index in [9.17, 15) is 4.79 Å². The Morgan fingerprint density at radius 1 is 1.00 bits per heavy atom. The van der Waals surface area contributed by atoms with Crippen LogP contribution >= 0.6 is 11.6 Å². The maximum Gasteiger partial charge on any atom is 0.239 e. The molecule has 3 aromatic rings. The molecule has 2 heterocycles. The molecule has 4 rings (SSSR count). The Labute approximate surface area is 137 Å². The van der Waals surface area contributed by atoms with Crippen molar-refractivity contribution in [3.05, 3.63) is 77.1 Å². The van der Waals surface area contributed by atoms with Crippen LogP contribution in [0.1, 0.15) is 23.1 Å². The molecule has 2 atom stereocenters. The summed E-state index contributed by atoms with van der Waals surface area (Å²) in [6, 6.07) is 17.2. The highest BCUT2D eigenvalue weighted by molar-refractivity contribution is 6.30. The molecule has 0 radical (unpaired) electrons. The van der Waals surface area contributed by atoms with Crippen molar-refractivity contribution >= 4 is 23.5 Å².